The van der Waals surface area contributed by atoms with Gasteiger partial charge in [0.2, 0.25) is 5.91 Å². The summed E-state index contributed by atoms with van der Waals surface area (Å²) in [5, 5.41) is 3.20. The third-order valence-electron chi connectivity index (χ3n) is 5.18. The van der Waals surface area contributed by atoms with Gasteiger partial charge in [-0.05, 0) is 19.3 Å². The summed E-state index contributed by atoms with van der Waals surface area (Å²) >= 11 is 0. The molecule has 0 aromatic rings. The largest absolute Gasteiger partial charge is 0.381 e. The normalized spacial score (nSPS) is 38.1. The summed E-state index contributed by atoms with van der Waals surface area (Å²) in [5.41, 5.74) is 6.18. The standard InChI is InChI=1S/C15H28N2O2/c1-15(2)12(9-13(15)19-3)17-14(18)10-7-5-4-6-8-11(10)16/h10-13H,4-9,16H2,1-3H3,(H,17,18). The van der Waals surface area contributed by atoms with Gasteiger partial charge in [-0.15, -0.1) is 0 Å². The molecule has 19 heavy (non-hydrogen) atoms. The van der Waals surface area contributed by atoms with Crippen LogP contribution in [0.4, 0.5) is 0 Å². The van der Waals surface area contributed by atoms with E-state index in [0.29, 0.717) is 0 Å². The van der Waals surface area contributed by atoms with E-state index in [4.69, 9.17) is 10.5 Å². The fraction of sp³-hybridized carbons (Fsp3) is 0.933. The molecule has 0 heterocycles. The first-order valence-corrected chi connectivity index (χ1v) is 7.55. The zero-order chi connectivity index (χ0) is 14.0. The smallest absolute Gasteiger partial charge is 0.224 e. The molecule has 2 saturated carbocycles. The number of hydrogen-bond donors (Lipinski definition) is 2. The van der Waals surface area contributed by atoms with Crippen molar-refractivity contribution >= 4 is 5.91 Å². The number of ether oxygens (including phenoxy) is 1. The molecule has 0 radical (unpaired) electrons. The van der Waals surface area contributed by atoms with Crippen LogP contribution >= 0.6 is 0 Å². The lowest BCUT2D eigenvalue weighted by Gasteiger charge is -2.51. The van der Waals surface area contributed by atoms with Gasteiger partial charge in [0.05, 0.1) is 12.0 Å². The number of methoxy groups -OCH3 is 1. The van der Waals surface area contributed by atoms with E-state index in [1.807, 2.05) is 0 Å². The van der Waals surface area contributed by atoms with Crippen LogP contribution in [0.25, 0.3) is 0 Å². The maximum atomic E-state index is 12.4. The Morgan fingerprint density at radius 3 is 2.58 bits per heavy atom. The molecule has 2 aliphatic carbocycles. The van der Waals surface area contributed by atoms with Gasteiger partial charge in [0.15, 0.2) is 0 Å². The van der Waals surface area contributed by atoms with Crippen molar-refractivity contribution < 1.29 is 9.53 Å². The minimum Gasteiger partial charge on any atom is -0.381 e. The molecule has 0 aliphatic heterocycles. The molecule has 110 valence electrons. The van der Waals surface area contributed by atoms with E-state index in [1.165, 1.54) is 6.42 Å². The first-order valence-electron chi connectivity index (χ1n) is 7.55. The predicted molar refractivity (Wildman–Crippen MR) is 75.7 cm³/mol. The lowest BCUT2D eigenvalue weighted by molar-refractivity contribution is -0.136. The quantitative estimate of drug-likeness (QED) is 0.767. The first kappa shape index (κ1) is 14.8. The molecule has 2 aliphatic rings. The van der Waals surface area contributed by atoms with Crippen molar-refractivity contribution in [3.63, 3.8) is 0 Å². The van der Waals surface area contributed by atoms with Crippen molar-refractivity contribution in [2.24, 2.45) is 17.1 Å². The lowest BCUT2D eigenvalue weighted by atomic mass is 9.64. The van der Waals surface area contributed by atoms with Gasteiger partial charge in [-0.1, -0.05) is 33.1 Å². The van der Waals surface area contributed by atoms with E-state index in [-0.39, 0.29) is 35.4 Å². The van der Waals surface area contributed by atoms with Crippen LogP contribution in [0.1, 0.15) is 52.4 Å². The van der Waals surface area contributed by atoms with Crippen LogP contribution in [0.2, 0.25) is 0 Å². The summed E-state index contributed by atoms with van der Waals surface area (Å²) in [7, 11) is 1.74. The summed E-state index contributed by atoms with van der Waals surface area (Å²) < 4.78 is 5.42. The number of hydrogen-bond acceptors (Lipinski definition) is 3. The zero-order valence-corrected chi connectivity index (χ0v) is 12.4. The molecular weight excluding hydrogens is 240 g/mol. The second-order valence-electron chi connectivity index (χ2n) is 6.75. The molecular formula is C15H28N2O2. The van der Waals surface area contributed by atoms with Crippen molar-refractivity contribution in [3.8, 4) is 0 Å². The van der Waals surface area contributed by atoms with Crippen LogP contribution < -0.4 is 11.1 Å². The molecule has 4 atom stereocenters. The first-order chi connectivity index (χ1) is 8.96. The van der Waals surface area contributed by atoms with Gasteiger partial charge in [-0.3, -0.25) is 4.79 Å². The summed E-state index contributed by atoms with van der Waals surface area (Å²) in [6, 6.07) is 0.254. The minimum atomic E-state index is -0.0000973. The highest BCUT2D eigenvalue weighted by Gasteiger charge is 2.49. The molecule has 2 rings (SSSR count). The maximum absolute atomic E-state index is 12.4. The monoisotopic (exact) mass is 268 g/mol. The Morgan fingerprint density at radius 2 is 1.95 bits per heavy atom. The minimum absolute atomic E-state index is 0.0000973. The number of carbonyl (C=O) groups is 1. The van der Waals surface area contributed by atoms with Gasteiger partial charge in [0.1, 0.15) is 0 Å². The highest BCUT2D eigenvalue weighted by molar-refractivity contribution is 5.80. The fourth-order valence-electron chi connectivity index (χ4n) is 3.47. The zero-order valence-electron chi connectivity index (χ0n) is 12.4. The van der Waals surface area contributed by atoms with Gasteiger partial charge in [-0.2, -0.15) is 0 Å². The highest BCUT2D eigenvalue weighted by Crippen LogP contribution is 2.42. The van der Waals surface area contributed by atoms with E-state index in [1.54, 1.807) is 7.11 Å². The molecule has 0 spiro atoms. The van der Waals surface area contributed by atoms with E-state index in [0.717, 1.165) is 32.1 Å². The van der Waals surface area contributed by atoms with Crippen molar-refractivity contribution in [1.29, 1.82) is 0 Å². The second kappa shape index (κ2) is 5.80. The van der Waals surface area contributed by atoms with Gasteiger partial charge >= 0.3 is 0 Å². The Kier molecular flexibility index (Phi) is 4.51. The molecule has 0 aromatic carbocycles. The molecule has 0 bridgehead atoms. The third-order valence-corrected chi connectivity index (χ3v) is 5.18. The predicted octanol–water partition coefficient (Wildman–Crippen LogP) is 1.82. The van der Waals surface area contributed by atoms with Gasteiger partial charge in [-0.25, -0.2) is 0 Å². The SMILES string of the molecule is COC1CC(NC(=O)C2CCCCCC2N)C1(C)C. The van der Waals surface area contributed by atoms with Crippen molar-refractivity contribution in [2.75, 3.05) is 7.11 Å². The Balaban J connectivity index is 1.90. The number of amides is 1. The topological polar surface area (TPSA) is 64.3 Å². The van der Waals surface area contributed by atoms with Crippen molar-refractivity contribution in [3.05, 3.63) is 0 Å². The number of rotatable bonds is 3. The summed E-state index contributed by atoms with van der Waals surface area (Å²) in [5.74, 6) is 0.155. The van der Waals surface area contributed by atoms with Gasteiger partial charge in [0.25, 0.3) is 0 Å². The Hall–Kier alpha value is -0.610. The number of nitrogens with two attached hydrogens (primary N) is 1. The number of carbonyl (C=O) groups excluding carboxylic acids is 1. The summed E-state index contributed by atoms with van der Waals surface area (Å²) in [4.78, 5) is 12.4. The molecule has 4 unspecified atom stereocenters. The lowest BCUT2D eigenvalue weighted by Crippen LogP contribution is -2.63. The van der Waals surface area contributed by atoms with Crippen LogP contribution in [0.5, 0.6) is 0 Å². The average molecular weight is 268 g/mol. The van der Waals surface area contributed by atoms with Crippen molar-refractivity contribution in [1.82, 2.24) is 5.32 Å². The third kappa shape index (κ3) is 2.95. The molecule has 4 heteroatoms. The van der Waals surface area contributed by atoms with Crippen molar-refractivity contribution in [2.45, 2.75) is 70.6 Å². The molecule has 2 fully saturated rings. The van der Waals surface area contributed by atoms with Gasteiger partial charge in [0, 0.05) is 24.6 Å². The van der Waals surface area contributed by atoms with Gasteiger partial charge < -0.3 is 15.8 Å². The van der Waals surface area contributed by atoms with E-state index in [2.05, 4.69) is 19.2 Å². The van der Waals surface area contributed by atoms with Crippen LogP contribution in [-0.2, 0) is 9.53 Å². The van der Waals surface area contributed by atoms with Crippen LogP contribution in [0.15, 0.2) is 0 Å². The Morgan fingerprint density at radius 1 is 1.26 bits per heavy atom. The molecule has 1 amide bonds. The van der Waals surface area contributed by atoms with E-state index < -0.39 is 0 Å². The Bertz CT molecular complexity index is 330. The fourth-order valence-corrected chi connectivity index (χ4v) is 3.47. The highest BCUT2D eigenvalue weighted by atomic mass is 16.5. The molecule has 3 N–H and O–H groups in total. The molecule has 4 nitrogen and oxygen atoms in total. The summed E-state index contributed by atoms with van der Waals surface area (Å²) in [6.45, 7) is 4.31. The maximum Gasteiger partial charge on any atom is 0.224 e. The van der Waals surface area contributed by atoms with Crippen LogP contribution in [0, 0.1) is 11.3 Å². The van der Waals surface area contributed by atoms with Crippen LogP contribution in [0.3, 0.4) is 0 Å². The second-order valence-corrected chi connectivity index (χ2v) is 6.75. The van der Waals surface area contributed by atoms with Crippen LogP contribution in [-0.4, -0.2) is 31.2 Å². The van der Waals surface area contributed by atoms with E-state index >= 15 is 0 Å². The molecule has 0 saturated heterocycles. The molecule has 0 aromatic heterocycles. The average Bonchev–Trinajstić information content (AvgIpc) is 2.58. The number of nitrogens with one attached hydrogen (secondary N) is 1. The van der Waals surface area contributed by atoms with E-state index in [9.17, 15) is 4.79 Å². The summed E-state index contributed by atoms with van der Waals surface area (Å²) in [6.07, 6.45) is 6.57. The Labute approximate surface area is 116 Å².